The molecule has 0 saturated heterocycles. The topological polar surface area (TPSA) is 37.3 Å². The summed E-state index contributed by atoms with van der Waals surface area (Å²) in [4.78, 5) is 11.0. The van der Waals surface area contributed by atoms with Crippen molar-refractivity contribution in [3.05, 3.63) is 0 Å². The van der Waals surface area contributed by atoms with Crippen LogP contribution in [-0.2, 0) is 4.79 Å². The molecule has 8 atom stereocenters. The molecule has 0 spiro atoms. The average molecular weight is 361 g/mol. The van der Waals surface area contributed by atoms with E-state index in [1.807, 2.05) is 0 Å². The van der Waals surface area contributed by atoms with Crippen LogP contribution in [0, 0.1) is 46.3 Å². The molecule has 2 nitrogen and oxygen atoms in total. The van der Waals surface area contributed by atoms with Gasteiger partial charge in [0.25, 0.3) is 0 Å². The van der Waals surface area contributed by atoms with Gasteiger partial charge in [0.2, 0.25) is 0 Å². The van der Waals surface area contributed by atoms with Gasteiger partial charge in [-0.15, -0.1) is 0 Å². The summed E-state index contributed by atoms with van der Waals surface area (Å²) in [6, 6.07) is 0. The Morgan fingerprint density at radius 2 is 1.73 bits per heavy atom. The van der Waals surface area contributed by atoms with E-state index in [4.69, 9.17) is 5.11 Å². The predicted molar refractivity (Wildman–Crippen MR) is 106 cm³/mol. The minimum Gasteiger partial charge on any atom is -0.481 e. The molecule has 2 heteroatoms. The molecule has 0 heterocycles. The first-order valence-corrected chi connectivity index (χ1v) is 11.6. The van der Waals surface area contributed by atoms with Crippen LogP contribution in [0.15, 0.2) is 0 Å². The molecule has 0 aromatic carbocycles. The molecule has 4 aliphatic carbocycles. The summed E-state index contributed by atoms with van der Waals surface area (Å²) in [6.45, 7) is 7.60. The Balaban J connectivity index is 1.52. The van der Waals surface area contributed by atoms with Gasteiger partial charge in [0.1, 0.15) is 0 Å². The lowest BCUT2D eigenvalue weighted by Crippen LogP contribution is -2.53. The lowest BCUT2D eigenvalue weighted by molar-refractivity contribution is -0.137. The number of fused-ring (bicyclic) bond motifs is 5. The van der Waals surface area contributed by atoms with Crippen LogP contribution in [0.2, 0.25) is 0 Å². The Labute approximate surface area is 160 Å². The lowest BCUT2D eigenvalue weighted by Gasteiger charge is -2.61. The van der Waals surface area contributed by atoms with Crippen LogP contribution < -0.4 is 0 Å². The minimum atomic E-state index is -0.621. The summed E-state index contributed by atoms with van der Waals surface area (Å²) >= 11 is 0. The van der Waals surface area contributed by atoms with Crippen molar-refractivity contribution in [2.75, 3.05) is 0 Å². The number of hydrogen-bond acceptors (Lipinski definition) is 1. The van der Waals surface area contributed by atoms with Crippen molar-refractivity contribution < 1.29 is 9.90 Å². The molecule has 0 aliphatic heterocycles. The maximum Gasteiger partial charge on any atom is 0.303 e. The fourth-order valence-electron chi connectivity index (χ4n) is 8.82. The van der Waals surface area contributed by atoms with E-state index < -0.39 is 5.97 Å². The summed E-state index contributed by atoms with van der Waals surface area (Å²) in [7, 11) is 0. The van der Waals surface area contributed by atoms with E-state index in [9.17, 15) is 4.79 Å². The maximum absolute atomic E-state index is 11.0. The molecule has 2 unspecified atom stereocenters. The summed E-state index contributed by atoms with van der Waals surface area (Å²) in [6.07, 6.45) is 15.7. The third-order valence-corrected chi connectivity index (χ3v) is 10.2. The zero-order valence-corrected chi connectivity index (χ0v) is 17.3. The molecule has 0 aromatic rings. The standard InChI is InChI=1S/C24H40O2/c1-16(7-12-22(25)26)19-10-11-20-18-9-8-17-6-4-5-14-23(17,2)21(18)13-15-24(19,20)3/h16-21H,4-15H2,1-3H3,(H,25,26)/t16-,17?,18+,19-,20?,21+,23+,24-/m1/s1. The van der Waals surface area contributed by atoms with Crippen molar-refractivity contribution in [3.8, 4) is 0 Å². The van der Waals surface area contributed by atoms with Crippen LogP contribution in [-0.4, -0.2) is 11.1 Å². The van der Waals surface area contributed by atoms with Gasteiger partial charge in [-0.3, -0.25) is 4.79 Å². The van der Waals surface area contributed by atoms with E-state index in [2.05, 4.69) is 20.8 Å². The van der Waals surface area contributed by atoms with Gasteiger partial charge in [0.05, 0.1) is 0 Å². The van der Waals surface area contributed by atoms with Gasteiger partial charge in [-0.05, 0) is 104 Å². The van der Waals surface area contributed by atoms with E-state index >= 15 is 0 Å². The molecular formula is C24H40O2. The third-order valence-electron chi connectivity index (χ3n) is 10.2. The summed E-state index contributed by atoms with van der Waals surface area (Å²) in [5.41, 5.74) is 1.12. The smallest absolute Gasteiger partial charge is 0.303 e. The Kier molecular flexibility index (Phi) is 4.93. The average Bonchev–Trinajstić information content (AvgIpc) is 2.96. The van der Waals surface area contributed by atoms with Crippen LogP contribution in [0.5, 0.6) is 0 Å². The molecule has 0 amide bonds. The van der Waals surface area contributed by atoms with Crippen LogP contribution in [0.3, 0.4) is 0 Å². The fraction of sp³-hybridized carbons (Fsp3) is 0.958. The van der Waals surface area contributed by atoms with Gasteiger partial charge in [-0.25, -0.2) is 0 Å². The van der Waals surface area contributed by atoms with Crippen LogP contribution in [0.1, 0.15) is 97.8 Å². The van der Waals surface area contributed by atoms with Gasteiger partial charge in [-0.1, -0.05) is 33.6 Å². The van der Waals surface area contributed by atoms with E-state index in [1.165, 1.54) is 64.2 Å². The fourth-order valence-corrected chi connectivity index (χ4v) is 8.82. The number of carbonyl (C=O) groups is 1. The molecule has 0 radical (unpaired) electrons. The monoisotopic (exact) mass is 360 g/mol. The maximum atomic E-state index is 11.0. The van der Waals surface area contributed by atoms with E-state index in [0.717, 1.165) is 36.0 Å². The zero-order chi connectivity index (χ0) is 18.5. The molecular weight excluding hydrogens is 320 g/mol. The number of rotatable bonds is 4. The Hall–Kier alpha value is -0.530. The number of hydrogen-bond donors (Lipinski definition) is 1. The first kappa shape index (κ1) is 18.8. The molecule has 26 heavy (non-hydrogen) atoms. The number of carboxylic acids is 1. The van der Waals surface area contributed by atoms with Crippen LogP contribution in [0.4, 0.5) is 0 Å². The third kappa shape index (κ3) is 2.85. The number of aliphatic carboxylic acids is 1. The normalized spacial score (nSPS) is 49.0. The number of carboxylic acid groups (broad SMARTS) is 1. The van der Waals surface area contributed by atoms with E-state index in [1.54, 1.807) is 0 Å². The van der Waals surface area contributed by atoms with Crippen LogP contribution in [0.25, 0.3) is 0 Å². The first-order valence-electron chi connectivity index (χ1n) is 11.6. The van der Waals surface area contributed by atoms with E-state index in [0.29, 0.717) is 23.2 Å². The quantitative estimate of drug-likeness (QED) is 0.618. The van der Waals surface area contributed by atoms with Crippen LogP contribution >= 0.6 is 0 Å². The highest BCUT2D eigenvalue weighted by atomic mass is 16.4. The SMILES string of the molecule is C[C@H](CCC(=O)O)[C@H]1CCC2[C@@H]3CCC4CCCC[C@]4(C)[C@H]3CC[C@@]21C. The van der Waals surface area contributed by atoms with Crippen molar-refractivity contribution in [2.24, 2.45) is 46.3 Å². The molecule has 0 aromatic heterocycles. The van der Waals surface area contributed by atoms with E-state index in [-0.39, 0.29) is 0 Å². The highest BCUT2D eigenvalue weighted by Gasteiger charge is 2.60. The van der Waals surface area contributed by atoms with Gasteiger partial charge < -0.3 is 5.11 Å². The molecule has 4 rings (SSSR count). The zero-order valence-electron chi connectivity index (χ0n) is 17.3. The van der Waals surface area contributed by atoms with Gasteiger partial charge in [-0.2, -0.15) is 0 Å². The van der Waals surface area contributed by atoms with Crippen molar-refractivity contribution in [1.29, 1.82) is 0 Å². The van der Waals surface area contributed by atoms with Gasteiger partial charge >= 0.3 is 5.97 Å². The second-order valence-electron chi connectivity index (χ2n) is 11.0. The predicted octanol–water partition coefficient (Wildman–Crippen LogP) is 6.54. The molecule has 0 bridgehead atoms. The Bertz CT molecular complexity index is 542. The highest BCUT2D eigenvalue weighted by Crippen LogP contribution is 2.68. The lowest BCUT2D eigenvalue weighted by atomic mass is 9.44. The highest BCUT2D eigenvalue weighted by molar-refractivity contribution is 5.66. The minimum absolute atomic E-state index is 0.351. The molecule has 1 N–H and O–H groups in total. The summed E-state index contributed by atoms with van der Waals surface area (Å²) < 4.78 is 0. The van der Waals surface area contributed by atoms with Crippen molar-refractivity contribution >= 4 is 5.97 Å². The Morgan fingerprint density at radius 1 is 0.962 bits per heavy atom. The molecule has 4 aliphatic rings. The first-order chi connectivity index (χ1) is 12.4. The molecule has 4 saturated carbocycles. The largest absolute Gasteiger partial charge is 0.481 e. The van der Waals surface area contributed by atoms with Gasteiger partial charge in [0, 0.05) is 6.42 Å². The summed E-state index contributed by atoms with van der Waals surface area (Å²) in [5.74, 6) is 4.57. The Morgan fingerprint density at radius 3 is 2.50 bits per heavy atom. The second-order valence-corrected chi connectivity index (χ2v) is 11.0. The molecule has 148 valence electrons. The second kappa shape index (κ2) is 6.82. The van der Waals surface area contributed by atoms with Crippen molar-refractivity contribution in [2.45, 2.75) is 97.8 Å². The molecule has 4 fully saturated rings. The van der Waals surface area contributed by atoms with Crippen molar-refractivity contribution in [1.82, 2.24) is 0 Å². The van der Waals surface area contributed by atoms with Gasteiger partial charge in [0.15, 0.2) is 0 Å². The summed E-state index contributed by atoms with van der Waals surface area (Å²) in [5, 5.41) is 9.09. The van der Waals surface area contributed by atoms with Crippen molar-refractivity contribution in [3.63, 3.8) is 0 Å².